The molecule has 3 N–H and O–H groups in total. The van der Waals surface area contributed by atoms with Gasteiger partial charge in [-0.1, -0.05) is 13.8 Å². The highest BCUT2D eigenvalue weighted by Crippen LogP contribution is 2.24. The predicted molar refractivity (Wildman–Crippen MR) is 68.6 cm³/mol. The molecule has 5 nitrogen and oxygen atoms in total. The Morgan fingerprint density at radius 3 is 2.53 bits per heavy atom. The Bertz CT molecular complexity index is 377. The largest absolute Gasteiger partial charge is 0.368 e. The molecule has 1 aromatic rings. The molecule has 96 valence electrons. The van der Waals surface area contributed by atoms with Crippen LogP contribution in [0.1, 0.15) is 52.1 Å². The summed E-state index contributed by atoms with van der Waals surface area (Å²) in [6.45, 7) is 10.6. The van der Waals surface area contributed by atoms with E-state index in [0.29, 0.717) is 24.2 Å². The highest BCUT2D eigenvalue weighted by molar-refractivity contribution is 5.36. The highest BCUT2D eigenvalue weighted by atomic mass is 16.5. The van der Waals surface area contributed by atoms with Crippen LogP contribution in [0.5, 0.6) is 0 Å². The molecule has 0 aliphatic heterocycles. The van der Waals surface area contributed by atoms with Gasteiger partial charge >= 0.3 is 0 Å². The predicted octanol–water partition coefficient (Wildman–Crippen LogP) is 2.16. The van der Waals surface area contributed by atoms with Crippen LogP contribution in [-0.4, -0.2) is 16.6 Å². The number of nitrogens with one attached hydrogen (secondary N) is 1. The number of nitrogen functional groups attached to an aromatic ring is 1. The Morgan fingerprint density at radius 1 is 1.41 bits per heavy atom. The fraction of sp³-hybridized carbons (Fsp3) is 0.667. The van der Waals surface area contributed by atoms with E-state index in [4.69, 9.17) is 10.6 Å². The summed E-state index contributed by atoms with van der Waals surface area (Å²) in [4.78, 5) is 8.89. The zero-order chi connectivity index (χ0) is 13.1. The van der Waals surface area contributed by atoms with E-state index in [1.807, 2.05) is 26.8 Å². The van der Waals surface area contributed by atoms with Crippen molar-refractivity contribution in [1.82, 2.24) is 9.97 Å². The number of ether oxygens (including phenoxy) is 1. The topological polar surface area (TPSA) is 73.1 Å². The van der Waals surface area contributed by atoms with Gasteiger partial charge in [-0.25, -0.2) is 15.8 Å². The zero-order valence-corrected chi connectivity index (χ0v) is 11.2. The molecule has 17 heavy (non-hydrogen) atoms. The van der Waals surface area contributed by atoms with Gasteiger partial charge in [-0.3, -0.25) is 0 Å². The number of hydrogen-bond donors (Lipinski definition) is 2. The fourth-order valence-electron chi connectivity index (χ4n) is 1.53. The minimum Gasteiger partial charge on any atom is -0.368 e. The molecule has 1 rings (SSSR count). The molecule has 0 saturated heterocycles. The van der Waals surface area contributed by atoms with E-state index in [2.05, 4.69) is 29.2 Å². The van der Waals surface area contributed by atoms with Crippen LogP contribution in [0.15, 0.2) is 6.07 Å². The van der Waals surface area contributed by atoms with Gasteiger partial charge in [-0.2, -0.15) is 0 Å². The summed E-state index contributed by atoms with van der Waals surface area (Å²) in [5.74, 6) is 7.01. The Kier molecular flexibility index (Phi) is 4.42. The first-order chi connectivity index (χ1) is 7.90. The number of aromatic nitrogens is 2. The fourth-order valence-corrected chi connectivity index (χ4v) is 1.53. The van der Waals surface area contributed by atoms with Crippen LogP contribution >= 0.6 is 0 Å². The third-order valence-corrected chi connectivity index (χ3v) is 2.53. The molecule has 0 saturated carbocycles. The van der Waals surface area contributed by atoms with Crippen LogP contribution in [0.3, 0.4) is 0 Å². The molecule has 1 aromatic heterocycles. The Morgan fingerprint density at radius 2 is 2.06 bits per heavy atom. The average molecular weight is 238 g/mol. The quantitative estimate of drug-likeness (QED) is 0.607. The Labute approximate surface area is 103 Å². The van der Waals surface area contributed by atoms with Crippen LogP contribution in [0.4, 0.5) is 5.82 Å². The Balaban J connectivity index is 3.19. The molecule has 0 aliphatic rings. The third-order valence-electron chi connectivity index (χ3n) is 2.53. The van der Waals surface area contributed by atoms with Gasteiger partial charge in [0, 0.05) is 18.4 Å². The lowest BCUT2D eigenvalue weighted by Gasteiger charge is -2.24. The molecule has 0 aliphatic carbocycles. The number of hydrogen-bond acceptors (Lipinski definition) is 5. The standard InChI is InChI=1S/C12H22N4O/c1-6-17-12(4,5)11-14-9(8(2)3)7-10(15-11)16-13/h7-8H,6,13H2,1-5H3,(H,14,15,16). The molecular weight excluding hydrogens is 216 g/mol. The highest BCUT2D eigenvalue weighted by Gasteiger charge is 2.25. The average Bonchev–Trinajstić information content (AvgIpc) is 2.28. The minimum absolute atomic E-state index is 0.321. The van der Waals surface area contributed by atoms with Crippen LogP contribution in [0, 0.1) is 0 Å². The summed E-state index contributed by atoms with van der Waals surface area (Å²) in [5, 5.41) is 0. The lowest BCUT2D eigenvalue weighted by molar-refractivity contribution is -0.0208. The number of nitrogens with two attached hydrogens (primary N) is 1. The molecular formula is C12H22N4O. The van der Waals surface area contributed by atoms with Gasteiger partial charge in [-0.15, -0.1) is 0 Å². The van der Waals surface area contributed by atoms with Crippen molar-refractivity contribution in [3.8, 4) is 0 Å². The first kappa shape index (κ1) is 13.9. The second kappa shape index (κ2) is 5.42. The van der Waals surface area contributed by atoms with Crippen molar-refractivity contribution in [2.24, 2.45) is 5.84 Å². The van der Waals surface area contributed by atoms with Crippen molar-refractivity contribution in [1.29, 1.82) is 0 Å². The molecule has 0 bridgehead atoms. The molecule has 0 radical (unpaired) electrons. The maximum Gasteiger partial charge on any atom is 0.162 e. The number of anilines is 1. The molecule has 1 heterocycles. The molecule has 0 fully saturated rings. The normalized spacial score (nSPS) is 11.9. The maximum atomic E-state index is 5.66. The van der Waals surface area contributed by atoms with E-state index in [1.165, 1.54) is 0 Å². The molecule has 0 aromatic carbocycles. The first-order valence-electron chi connectivity index (χ1n) is 5.90. The van der Waals surface area contributed by atoms with Gasteiger partial charge < -0.3 is 10.2 Å². The van der Waals surface area contributed by atoms with E-state index >= 15 is 0 Å². The number of nitrogens with zero attached hydrogens (tertiary/aromatic N) is 2. The van der Waals surface area contributed by atoms with E-state index < -0.39 is 5.60 Å². The molecule has 0 spiro atoms. The van der Waals surface area contributed by atoms with Crippen molar-refractivity contribution >= 4 is 5.82 Å². The van der Waals surface area contributed by atoms with Gasteiger partial charge in [0.05, 0.1) is 0 Å². The van der Waals surface area contributed by atoms with E-state index in [-0.39, 0.29) is 0 Å². The van der Waals surface area contributed by atoms with Crippen molar-refractivity contribution in [2.75, 3.05) is 12.0 Å². The second-order valence-corrected chi connectivity index (χ2v) is 4.74. The summed E-state index contributed by atoms with van der Waals surface area (Å²) in [7, 11) is 0. The number of hydrazine groups is 1. The van der Waals surface area contributed by atoms with Crippen LogP contribution < -0.4 is 11.3 Å². The summed E-state index contributed by atoms with van der Waals surface area (Å²) in [6, 6.07) is 1.86. The van der Waals surface area contributed by atoms with Crippen molar-refractivity contribution in [3.05, 3.63) is 17.6 Å². The first-order valence-corrected chi connectivity index (χ1v) is 5.90. The summed E-state index contributed by atoms with van der Waals surface area (Å²) in [5.41, 5.74) is 3.02. The van der Waals surface area contributed by atoms with Crippen molar-refractivity contribution in [3.63, 3.8) is 0 Å². The van der Waals surface area contributed by atoms with Crippen LogP contribution in [-0.2, 0) is 10.3 Å². The molecule has 0 amide bonds. The van der Waals surface area contributed by atoms with Gasteiger partial charge in [0.2, 0.25) is 0 Å². The summed E-state index contributed by atoms with van der Waals surface area (Å²) < 4.78 is 5.66. The molecule has 5 heteroatoms. The molecule has 0 atom stereocenters. The molecule has 0 unspecified atom stereocenters. The van der Waals surface area contributed by atoms with Crippen LogP contribution in [0.2, 0.25) is 0 Å². The lowest BCUT2D eigenvalue weighted by atomic mass is 10.1. The summed E-state index contributed by atoms with van der Waals surface area (Å²) in [6.07, 6.45) is 0. The van der Waals surface area contributed by atoms with Gasteiger partial charge in [0.15, 0.2) is 5.82 Å². The van der Waals surface area contributed by atoms with E-state index in [0.717, 1.165) is 5.69 Å². The Hall–Kier alpha value is -1.20. The van der Waals surface area contributed by atoms with E-state index in [1.54, 1.807) is 0 Å². The second-order valence-electron chi connectivity index (χ2n) is 4.74. The van der Waals surface area contributed by atoms with Crippen molar-refractivity contribution in [2.45, 2.75) is 46.1 Å². The van der Waals surface area contributed by atoms with Gasteiger partial charge in [0.25, 0.3) is 0 Å². The lowest BCUT2D eigenvalue weighted by Crippen LogP contribution is -2.26. The van der Waals surface area contributed by atoms with Crippen LogP contribution in [0.25, 0.3) is 0 Å². The van der Waals surface area contributed by atoms with Crippen molar-refractivity contribution < 1.29 is 4.74 Å². The third kappa shape index (κ3) is 3.38. The smallest absolute Gasteiger partial charge is 0.162 e. The SMILES string of the molecule is CCOC(C)(C)c1nc(NN)cc(C(C)C)n1. The summed E-state index contributed by atoms with van der Waals surface area (Å²) >= 11 is 0. The maximum absolute atomic E-state index is 5.66. The minimum atomic E-state index is -0.509. The van der Waals surface area contributed by atoms with E-state index in [9.17, 15) is 0 Å². The van der Waals surface area contributed by atoms with Gasteiger partial charge in [0.1, 0.15) is 11.4 Å². The van der Waals surface area contributed by atoms with Gasteiger partial charge in [-0.05, 0) is 26.7 Å². The zero-order valence-electron chi connectivity index (χ0n) is 11.2. The number of rotatable bonds is 5. The monoisotopic (exact) mass is 238 g/mol.